The lowest BCUT2D eigenvalue weighted by atomic mass is 10.1. The molecule has 2 rings (SSSR count). The van der Waals surface area contributed by atoms with E-state index < -0.39 is 5.60 Å². The van der Waals surface area contributed by atoms with Crippen LogP contribution in [0.25, 0.3) is 11.3 Å². The lowest BCUT2D eigenvalue weighted by Gasteiger charge is -2.26. The second kappa shape index (κ2) is 7.62. The Morgan fingerprint density at radius 3 is 2.67 bits per heavy atom. The number of rotatable bonds is 4. The Hall–Kier alpha value is -2.14. The number of carbonyl (C=O) groups excluding carboxylic acids is 1. The number of nitrogens with zero attached hydrogens (tertiary/aromatic N) is 3. The molecule has 0 aliphatic heterocycles. The van der Waals surface area contributed by atoms with Crippen LogP contribution in [-0.4, -0.2) is 33.1 Å². The first kappa shape index (κ1) is 18.2. The molecule has 0 atom stereocenters. The molecule has 1 aromatic heterocycles. The molecule has 2 aromatic rings. The van der Waals surface area contributed by atoms with E-state index >= 15 is 0 Å². The molecular weight excluding hydrogens is 326 g/mol. The molecule has 6 heteroatoms. The van der Waals surface area contributed by atoms with Gasteiger partial charge in [-0.3, -0.25) is 0 Å². The molecule has 5 nitrogen and oxygen atoms in total. The van der Waals surface area contributed by atoms with Gasteiger partial charge in [-0.25, -0.2) is 14.8 Å². The lowest BCUT2D eigenvalue weighted by Crippen LogP contribution is -2.36. The van der Waals surface area contributed by atoms with Crippen LogP contribution in [0.1, 0.15) is 33.3 Å². The molecule has 0 N–H and O–H groups in total. The second-order valence-corrected chi connectivity index (χ2v) is 6.74. The molecule has 0 aliphatic rings. The predicted molar refractivity (Wildman–Crippen MR) is 94.8 cm³/mol. The van der Waals surface area contributed by atoms with E-state index in [0.717, 1.165) is 16.8 Å². The number of ether oxygens (including phenoxy) is 1. The third-order valence-electron chi connectivity index (χ3n) is 3.26. The van der Waals surface area contributed by atoms with E-state index in [1.165, 1.54) is 0 Å². The van der Waals surface area contributed by atoms with Crippen molar-refractivity contribution in [2.45, 2.75) is 39.8 Å². The minimum atomic E-state index is -0.510. The largest absolute Gasteiger partial charge is 0.444 e. The van der Waals surface area contributed by atoms with E-state index in [1.54, 1.807) is 17.2 Å². The standard InChI is InChI=1S/C18H22ClN3O2/c1-5-22(17(23)24-18(2,3)4)12-13-7-6-8-14(11-13)15-9-10-20-16(19)21-15/h6-11H,5,12H2,1-4H3. The molecule has 1 amide bonds. The number of amides is 1. The maximum absolute atomic E-state index is 12.3. The van der Waals surface area contributed by atoms with Crippen LogP contribution in [0.4, 0.5) is 4.79 Å². The van der Waals surface area contributed by atoms with Gasteiger partial charge in [-0.15, -0.1) is 0 Å². The van der Waals surface area contributed by atoms with Crippen molar-refractivity contribution >= 4 is 17.7 Å². The molecular formula is C18H22ClN3O2. The SMILES string of the molecule is CCN(Cc1cccc(-c2ccnc(Cl)n2)c1)C(=O)OC(C)(C)C. The Kier molecular flexibility index (Phi) is 5.78. The first-order chi connectivity index (χ1) is 11.3. The molecule has 128 valence electrons. The van der Waals surface area contributed by atoms with E-state index in [-0.39, 0.29) is 11.4 Å². The summed E-state index contributed by atoms with van der Waals surface area (Å²) in [7, 11) is 0. The van der Waals surface area contributed by atoms with Gasteiger partial charge in [0.1, 0.15) is 5.60 Å². The van der Waals surface area contributed by atoms with E-state index in [9.17, 15) is 4.79 Å². The third kappa shape index (κ3) is 5.20. The van der Waals surface area contributed by atoms with Crippen molar-refractivity contribution in [1.29, 1.82) is 0 Å². The smallest absolute Gasteiger partial charge is 0.410 e. The van der Waals surface area contributed by atoms with Crippen molar-refractivity contribution in [3.8, 4) is 11.3 Å². The zero-order valence-corrected chi connectivity index (χ0v) is 15.2. The third-order valence-corrected chi connectivity index (χ3v) is 3.44. The summed E-state index contributed by atoms with van der Waals surface area (Å²) >= 11 is 5.85. The zero-order chi connectivity index (χ0) is 17.7. The van der Waals surface area contributed by atoms with Crippen molar-refractivity contribution in [1.82, 2.24) is 14.9 Å². The summed E-state index contributed by atoms with van der Waals surface area (Å²) in [5, 5.41) is 0.210. The molecule has 0 unspecified atom stereocenters. The van der Waals surface area contributed by atoms with Crippen LogP contribution in [0.3, 0.4) is 0 Å². The predicted octanol–water partition coefficient (Wildman–Crippen LogP) is 4.55. The molecule has 1 aromatic carbocycles. The van der Waals surface area contributed by atoms with E-state index in [4.69, 9.17) is 16.3 Å². The Balaban J connectivity index is 2.17. The fourth-order valence-electron chi connectivity index (χ4n) is 2.18. The summed E-state index contributed by atoms with van der Waals surface area (Å²) in [6, 6.07) is 9.65. The van der Waals surface area contributed by atoms with Crippen molar-refractivity contribution in [2.24, 2.45) is 0 Å². The van der Waals surface area contributed by atoms with Crippen molar-refractivity contribution in [2.75, 3.05) is 6.54 Å². The average molecular weight is 348 g/mol. The van der Waals surface area contributed by atoms with Gasteiger partial charge in [0.25, 0.3) is 0 Å². The van der Waals surface area contributed by atoms with Crippen molar-refractivity contribution < 1.29 is 9.53 Å². The topological polar surface area (TPSA) is 55.3 Å². The zero-order valence-electron chi connectivity index (χ0n) is 14.4. The number of benzene rings is 1. The summed E-state index contributed by atoms with van der Waals surface area (Å²) in [6.07, 6.45) is 1.30. The van der Waals surface area contributed by atoms with Gasteiger partial charge in [0.2, 0.25) is 5.28 Å². The maximum Gasteiger partial charge on any atom is 0.410 e. The number of hydrogen-bond donors (Lipinski definition) is 0. The van der Waals surface area contributed by atoms with E-state index in [0.29, 0.717) is 13.1 Å². The molecule has 0 saturated heterocycles. The van der Waals surface area contributed by atoms with Gasteiger partial charge in [0.15, 0.2) is 0 Å². The minimum Gasteiger partial charge on any atom is -0.444 e. The van der Waals surface area contributed by atoms with E-state index in [2.05, 4.69) is 9.97 Å². The highest BCUT2D eigenvalue weighted by atomic mass is 35.5. The quantitative estimate of drug-likeness (QED) is 0.761. The highest BCUT2D eigenvalue weighted by Gasteiger charge is 2.21. The van der Waals surface area contributed by atoms with Crippen LogP contribution in [0.2, 0.25) is 5.28 Å². The Morgan fingerprint density at radius 2 is 2.04 bits per heavy atom. The number of halogens is 1. The number of carbonyl (C=O) groups is 1. The summed E-state index contributed by atoms with van der Waals surface area (Å²) in [5.41, 5.74) is 2.16. The van der Waals surface area contributed by atoms with Gasteiger partial charge < -0.3 is 9.64 Å². The Morgan fingerprint density at radius 1 is 1.29 bits per heavy atom. The molecule has 0 spiro atoms. The molecule has 0 bridgehead atoms. The van der Waals surface area contributed by atoms with Crippen LogP contribution >= 0.6 is 11.6 Å². The Bertz CT molecular complexity index is 713. The summed E-state index contributed by atoms with van der Waals surface area (Å²) < 4.78 is 5.44. The average Bonchev–Trinajstić information content (AvgIpc) is 2.51. The fourth-order valence-corrected chi connectivity index (χ4v) is 2.32. The van der Waals surface area contributed by atoms with Gasteiger partial charge >= 0.3 is 6.09 Å². The van der Waals surface area contributed by atoms with Crippen LogP contribution in [0, 0.1) is 0 Å². The van der Waals surface area contributed by atoms with Gasteiger partial charge in [0, 0.05) is 24.8 Å². The van der Waals surface area contributed by atoms with E-state index in [1.807, 2.05) is 52.0 Å². The summed E-state index contributed by atoms with van der Waals surface area (Å²) in [5.74, 6) is 0. The van der Waals surface area contributed by atoms with Crippen LogP contribution < -0.4 is 0 Å². The number of hydrogen-bond acceptors (Lipinski definition) is 4. The number of aromatic nitrogens is 2. The van der Waals surface area contributed by atoms with Gasteiger partial charge in [-0.2, -0.15) is 0 Å². The van der Waals surface area contributed by atoms with Crippen LogP contribution in [0.15, 0.2) is 36.5 Å². The molecule has 1 heterocycles. The molecule has 24 heavy (non-hydrogen) atoms. The minimum absolute atomic E-state index is 0.210. The van der Waals surface area contributed by atoms with Crippen molar-refractivity contribution in [3.63, 3.8) is 0 Å². The van der Waals surface area contributed by atoms with Crippen molar-refractivity contribution in [3.05, 3.63) is 47.4 Å². The first-order valence-corrected chi connectivity index (χ1v) is 8.22. The van der Waals surface area contributed by atoms with Crippen LogP contribution in [0.5, 0.6) is 0 Å². The highest BCUT2D eigenvalue weighted by molar-refractivity contribution is 6.28. The summed E-state index contributed by atoms with van der Waals surface area (Å²) in [4.78, 5) is 22.0. The molecule has 0 radical (unpaired) electrons. The normalized spacial score (nSPS) is 11.2. The van der Waals surface area contributed by atoms with Gasteiger partial charge in [-0.1, -0.05) is 18.2 Å². The summed E-state index contributed by atoms with van der Waals surface area (Å²) in [6.45, 7) is 8.54. The van der Waals surface area contributed by atoms with Gasteiger partial charge in [0.05, 0.1) is 5.69 Å². The molecule has 0 fully saturated rings. The first-order valence-electron chi connectivity index (χ1n) is 7.84. The monoisotopic (exact) mass is 347 g/mol. The van der Waals surface area contributed by atoms with Gasteiger partial charge in [-0.05, 0) is 57.0 Å². The Labute approximate surface area is 147 Å². The fraction of sp³-hybridized carbons (Fsp3) is 0.389. The maximum atomic E-state index is 12.3. The lowest BCUT2D eigenvalue weighted by molar-refractivity contribution is 0.0244. The molecule has 0 aliphatic carbocycles. The molecule has 0 saturated carbocycles. The highest BCUT2D eigenvalue weighted by Crippen LogP contribution is 2.20. The van der Waals surface area contributed by atoms with Crippen LogP contribution in [-0.2, 0) is 11.3 Å². The second-order valence-electron chi connectivity index (χ2n) is 6.41.